The number of aromatic nitrogens is 1. The van der Waals surface area contributed by atoms with Crippen LogP contribution in [0.2, 0.25) is 0 Å². The Balaban J connectivity index is 1.52. The van der Waals surface area contributed by atoms with E-state index in [9.17, 15) is 4.79 Å². The van der Waals surface area contributed by atoms with Gasteiger partial charge in [-0.25, -0.2) is 0 Å². The number of hydrogen-bond acceptors (Lipinski definition) is 4. The summed E-state index contributed by atoms with van der Waals surface area (Å²) < 4.78 is 6.45. The number of rotatable bonds is 3. The van der Waals surface area contributed by atoms with Gasteiger partial charge in [-0.1, -0.05) is 24.3 Å². The predicted octanol–water partition coefficient (Wildman–Crippen LogP) is 2.73. The van der Waals surface area contributed by atoms with Gasteiger partial charge in [0, 0.05) is 46.1 Å². The van der Waals surface area contributed by atoms with Crippen molar-refractivity contribution in [3.8, 4) is 0 Å². The first-order valence-corrected chi connectivity index (χ1v) is 9.19. The molecule has 136 valence electrons. The highest BCUT2D eigenvalue weighted by atomic mass is 16.5. The van der Waals surface area contributed by atoms with Gasteiger partial charge in [0.25, 0.3) is 5.91 Å². The second kappa shape index (κ2) is 6.82. The van der Waals surface area contributed by atoms with Crippen LogP contribution in [0.15, 0.2) is 48.8 Å². The van der Waals surface area contributed by atoms with E-state index >= 15 is 0 Å². The van der Waals surface area contributed by atoms with Crippen molar-refractivity contribution in [2.45, 2.75) is 31.1 Å². The molecule has 2 aliphatic heterocycles. The Kier molecular flexibility index (Phi) is 4.51. The molecular weight excluding hydrogens is 326 g/mol. The third-order valence-electron chi connectivity index (χ3n) is 5.56. The van der Waals surface area contributed by atoms with Gasteiger partial charge < -0.3 is 9.64 Å². The number of benzene rings is 1. The molecule has 1 spiro atoms. The molecule has 2 aromatic rings. The van der Waals surface area contributed by atoms with Crippen molar-refractivity contribution in [3.05, 3.63) is 65.5 Å². The van der Waals surface area contributed by atoms with Crippen LogP contribution >= 0.6 is 0 Å². The Labute approximate surface area is 154 Å². The lowest BCUT2D eigenvalue weighted by atomic mass is 9.83. The summed E-state index contributed by atoms with van der Waals surface area (Å²) in [5, 5.41) is 0. The van der Waals surface area contributed by atoms with Crippen LogP contribution in [-0.4, -0.2) is 47.9 Å². The molecule has 3 heterocycles. The maximum Gasteiger partial charge on any atom is 0.255 e. The quantitative estimate of drug-likeness (QED) is 0.853. The first-order chi connectivity index (χ1) is 12.6. The number of nitrogens with zero attached hydrogens (tertiary/aromatic N) is 3. The lowest BCUT2D eigenvalue weighted by Crippen LogP contribution is -2.43. The number of ether oxygens (including phenoxy) is 1. The van der Waals surface area contributed by atoms with Gasteiger partial charge in [-0.3, -0.25) is 14.7 Å². The second-order valence-corrected chi connectivity index (χ2v) is 7.44. The molecule has 1 fully saturated rings. The normalized spacial score (nSPS) is 21.5. The maximum absolute atomic E-state index is 12.6. The molecular formula is C21H25N3O2. The van der Waals surface area contributed by atoms with E-state index in [0.29, 0.717) is 0 Å². The van der Waals surface area contributed by atoms with E-state index in [0.717, 1.165) is 38.0 Å². The summed E-state index contributed by atoms with van der Waals surface area (Å²) in [4.78, 5) is 20.8. The van der Waals surface area contributed by atoms with Gasteiger partial charge >= 0.3 is 0 Å². The van der Waals surface area contributed by atoms with E-state index in [1.807, 2.05) is 24.5 Å². The van der Waals surface area contributed by atoms with E-state index in [4.69, 9.17) is 4.74 Å². The molecule has 1 atom stereocenters. The second-order valence-electron chi connectivity index (χ2n) is 7.44. The van der Waals surface area contributed by atoms with Crippen LogP contribution in [0, 0.1) is 0 Å². The van der Waals surface area contributed by atoms with Gasteiger partial charge in [0.05, 0.1) is 5.60 Å². The predicted molar refractivity (Wildman–Crippen MR) is 99.4 cm³/mol. The average Bonchev–Trinajstić information content (AvgIpc) is 2.98. The number of likely N-dealkylation sites (N-methyl/N-ethyl adjacent to an activating group) is 1. The minimum atomic E-state index is -0.479. The molecule has 5 heteroatoms. The third-order valence-corrected chi connectivity index (χ3v) is 5.56. The van der Waals surface area contributed by atoms with Crippen LogP contribution in [0.4, 0.5) is 0 Å². The summed E-state index contributed by atoms with van der Waals surface area (Å²) >= 11 is 0. The molecule has 1 aromatic carbocycles. The fourth-order valence-electron chi connectivity index (χ4n) is 4.12. The molecule has 2 aliphatic rings. The Hall–Kier alpha value is -2.24. The van der Waals surface area contributed by atoms with Crippen molar-refractivity contribution in [3.63, 3.8) is 0 Å². The van der Waals surface area contributed by atoms with E-state index in [1.165, 1.54) is 11.1 Å². The van der Waals surface area contributed by atoms with Crippen molar-refractivity contribution in [1.29, 1.82) is 0 Å². The van der Waals surface area contributed by atoms with E-state index in [1.54, 1.807) is 19.0 Å². The molecule has 26 heavy (non-hydrogen) atoms. The van der Waals surface area contributed by atoms with Gasteiger partial charge in [0.1, 0.15) is 0 Å². The highest BCUT2D eigenvalue weighted by Gasteiger charge is 2.48. The Morgan fingerprint density at radius 1 is 1.19 bits per heavy atom. The fraction of sp³-hybridized carbons (Fsp3) is 0.429. The summed E-state index contributed by atoms with van der Waals surface area (Å²) in [6.07, 6.45) is 5.02. The van der Waals surface area contributed by atoms with E-state index in [2.05, 4.69) is 34.1 Å². The molecule has 0 bridgehead atoms. The highest BCUT2D eigenvalue weighted by Crippen LogP contribution is 2.49. The SMILES string of the molecule is CN(C)C(=O)[C@H]1OC2(CCN(Cc3ccncc3)CC2)c2ccccc21. The lowest BCUT2D eigenvalue weighted by Gasteiger charge is -2.39. The third kappa shape index (κ3) is 3.02. The number of likely N-dealkylation sites (tertiary alicyclic amines) is 1. The number of hydrogen-bond donors (Lipinski definition) is 0. The zero-order chi connectivity index (χ0) is 18.1. The Morgan fingerprint density at radius 2 is 1.88 bits per heavy atom. The van der Waals surface area contributed by atoms with Crippen molar-refractivity contribution in [2.24, 2.45) is 0 Å². The highest BCUT2D eigenvalue weighted by molar-refractivity contribution is 5.83. The largest absolute Gasteiger partial charge is 0.352 e. The molecule has 5 nitrogen and oxygen atoms in total. The molecule has 0 N–H and O–H groups in total. The molecule has 4 rings (SSSR count). The summed E-state index contributed by atoms with van der Waals surface area (Å²) in [5.74, 6) is 0.0218. The molecule has 1 aromatic heterocycles. The Morgan fingerprint density at radius 3 is 2.58 bits per heavy atom. The number of pyridine rings is 1. The standard InChI is InChI=1S/C21H25N3O2/c1-23(2)20(25)19-17-5-3-4-6-18(17)21(26-19)9-13-24(14-10-21)15-16-7-11-22-12-8-16/h3-8,11-12,19H,9-10,13-15H2,1-2H3/t19-/m0/s1. The molecule has 0 saturated carbocycles. The van der Waals surface area contributed by atoms with Gasteiger partial charge in [-0.05, 0) is 41.7 Å². The smallest absolute Gasteiger partial charge is 0.255 e. The van der Waals surface area contributed by atoms with Crippen molar-refractivity contribution >= 4 is 5.91 Å². The first kappa shape index (κ1) is 17.2. The summed E-state index contributed by atoms with van der Waals surface area (Å²) in [6, 6.07) is 12.4. The monoisotopic (exact) mass is 351 g/mol. The number of carbonyl (C=O) groups excluding carboxylic acids is 1. The van der Waals surface area contributed by atoms with Crippen LogP contribution in [-0.2, 0) is 21.7 Å². The average molecular weight is 351 g/mol. The van der Waals surface area contributed by atoms with Gasteiger partial charge in [-0.15, -0.1) is 0 Å². The summed E-state index contributed by atoms with van der Waals surface area (Å²) in [7, 11) is 3.58. The molecule has 1 amide bonds. The van der Waals surface area contributed by atoms with Crippen molar-refractivity contribution < 1.29 is 9.53 Å². The van der Waals surface area contributed by atoms with Crippen LogP contribution in [0.25, 0.3) is 0 Å². The number of amides is 1. The topological polar surface area (TPSA) is 45.7 Å². The maximum atomic E-state index is 12.6. The molecule has 0 radical (unpaired) electrons. The van der Waals surface area contributed by atoms with Crippen LogP contribution < -0.4 is 0 Å². The first-order valence-electron chi connectivity index (χ1n) is 9.19. The fourth-order valence-corrected chi connectivity index (χ4v) is 4.12. The number of fused-ring (bicyclic) bond motifs is 2. The molecule has 1 saturated heterocycles. The summed E-state index contributed by atoms with van der Waals surface area (Å²) in [6.45, 7) is 2.85. The lowest BCUT2D eigenvalue weighted by molar-refractivity contribution is -0.158. The van der Waals surface area contributed by atoms with E-state index in [-0.39, 0.29) is 11.5 Å². The van der Waals surface area contributed by atoms with E-state index < -0.39 is 6.10 Å². The zero-order valence-corrected chi connectivity index (χ0v) is 15.4. The van der Waals surface area contributed by atoms with Crippen LogP contribution in [0.1, 0.15) is 35.6 Å². The van der Waals surface area contributed by atoms with Crippen LogP contribution in [0.3, 0.4) is 0 Å². The van der Waals surface area contributed by atoms with Crippen LogP contribution in [0.5, 0.6) is 0 Å². The Bertz CT molecular complexity index is 783. The van der Waals surface area contributed by atoms with Gasteiger partial charge in [0.15, 0.2) is 6.10 Å². The number of carbonyl (C=O) groups is 1. The minimum Gasteiger partial charge on any atom is -0.352 e. The number of piperidine rings is 1. The van der Waals surface area contributed by atoms with Gasteiger partial charge in [-0.2, -0.15) is 0 Å². The molecule has 0 unspecified atom stereocenters. The minimum absolute atomic E-state index is 0.0218. The van der Waals surface area contributed by atoms with Gasteiger partial charge in [0.2, 0.25) is 0 Å². The van der Waals surface area contributed by atoms with Crippen molar-refractivity contribution in [1.82, 2.24) is 14.8 Å². The zero-order valence-electron chi connectivity index (χ0n) is 15.4. The molecule has 0 aliphatic carbocycles. The summed E-state index contributed by atoms with van der Waals surface area (Å²) in [5.41, 5.74) is 3.18. The van der Waals surface area contributed by atoms with Crippen molar-refractivity contribution in [2.75, 3.05) is 27.2 Å².